The van der Waals surface area contributed by atoms with Gasteiger partial charge in [0.05, 0.1) is 5.70 Å². The summed E-state index contributed by atoms with van der Waals surface area (Å²) in [5.41, 5.74) is 16.7. The lowest BCUT2D eigenvalue weighted by Crippen LogP contribution is -2.29. The van der Waals surface area contributed by atoms with Crippen LogP contribution >= 0.6 is 0 Å². The van der Waals surface area contributed by atoms with E-state index in [9.17, 15) is 0 Å². The second kappa shape index (κ2) is 5.48. The molecule has 3 aromatic rings. The Morgan fingerprint density at radius 2 is 1.81 bits per heavy atom. The zero-order valence-electron chi connectivity index (χ0n) is 14.8. The van der Waals surface area contributed by atoms with Crippen LogP contribution in [-0.4, -0.2) is 16.5 Å². The number of nitrogens with zero attached hydrogens (tertiary/aromatic N) is 2. The Morgan fingerprint density at radius 3 is 2.63 bits per heavy atom. The molecule has 1 atom stereocenters. The molecule has 0 radical (unpaired) electrons. The molecular formula is C21H18N4O2. The highest BCUT2D eigenvalue weighted by atomic mass is 16.5. The van der Waals surface area contributed by atoms with Crippen LogP contribution in [-0.2, 0) is 4.74 Å². The number of nitrogen functional groups attached to an aromatic ring is 1. The summed E-state index contributed by atoms with van der Waals surface area (Å²) in [6.45, 7) is 2.02. The van der Waals surface area contributed by atoms with Crippen molar-refractivity contribution in [3.05, 3.63) is 71.6 Å². The van der Waals surface area contributed by atoms with E-state index in [1.165, 1.54) is 0 Å². The molecule has 1 unspecified atom stereocenters. The average Bonchev–Trinajstić information content (AvgIpc) is 3.22. The third kappa shape index (κ3) is 2.57. The van der Waals surface area contributed by atoms with Gasteiger partial charge in [-0.1, -0.05) is 6.08 Å². The van der Waals surface area contributed by atoms with Crippen molar-refractivity contribution in [1.82, 2.24) is 4.98 Å². The maximum Gasteiger partial charge on any atom is 0.227 e. The van der Waals surface area contributed by atoms with Crippen LogP contribution < -0.4 is 11.5 Å². The van der Waals surface area contributed by atoms with Crippen LogP contribution in [0, 0.1) is 0 Å². The minimum atomic E-state index is -0.447. The Morgan fingerprint density at radius 1 is 1.04 bits per heavy atom. The highest BCUT2D eigenvalue weighted by molar-refractivity contribution is 5.97. The smallest absolute Gasteiger partial charge is 0.227 e. The predicted octanol–water partition coefficient (Wildman–Crippen LogP) is 3.74. The molecule has 134 valence electrons. The molecule has 0 saturated heterocycles. The lowest BCUT2D eigenvalue weighted by Gasteiger charge is -2.26. The van der Waals surface area contributed by atoms with Gasteiger partial charge >= 0.3 is 0 Å². The minimum Gasteiger partial charge on any atom is -0.464 e. The first kappa shape index (κ1) is 15.7. The number of hydrogen-bond donors (Lipinski definition) is 2. The van der Waals surface area contributed by atoms with Gasteiger partial charge < -0.3 is 20.6 Å². The van der Waals surface area contributed by atoms with Gasteiger partial charge in [-0.3, -0.25) is 0 Å². The Balaban J connectivity index is 1.46. The summed E-state index contributed by atoms with van der Waals surface area (Å²) in [5.74, 6) is 1.15. The number of ether oxygens (including phenoxy) is 1. The summed E-state index contributed by atoms with van der Waals surface area (Å²) in [5, 5.41) is 0. The fraction of sp³-hybridized carbons (Fsp3) is 0.143. The van der Waals surface area contributed by atoms with Crippen molar-refractivity contribution in [3.63, 3.8) is 0 Å². The fourth-order valence-corrected chi connectivity index (χ4v) is 3.32. The number of fused-ring (bicyclic) bond motifs is 2. The van der Waals surface area contributed by atoms with Crippen LogP contribution in [0.4, 0.5) is 5.69 Å². The highest BCUT2D eigenvalue weighted by Gasteiger charge is 2.39. The summed E-state index contributed by atoms with van der Waals surface area (Å²) in [4.78, 5) is 9.14. The number of benzene rings is 2. The van der Waals surface area contributed by atoms with Gasteiger partial charge in [-0.15, -0.1) is 0 Å². The van der Waals surface area contributed by atoms with Gasteiger partial charge in [-0.05, 0) is 55.5 Å². The third-order valence-corrected chi connectivity index (χ3v) is 4.91. The molecule has 1 aliphatic carbocycles. The molecule has 27 heavy (non-hydrogen) atoms. The lowest BCUT2D eigenvalue weighted by molar-refractivity contribution is 0.134. The average molecular weight is 358 g/mol. The number of allylic oxidation sites excluding steroid dienone is 1. The molecule has 1 aromatic heterocycles. The number of aromatic nitrogens is 1. The van der Waals surface area contributed by atoms with Crippen molar-refractivity contribution in [1.29, 1.82) is 0 Å². The third-order valence-electron chi connectivity index (χ3n) is 4.91. The second-order valence-corrected chi connectivity index (χ2v) is 7.01. The van der Waals surface area contributed by atoms with Crippen LogP contribution in [0.1, 0.15) is 18.9 Å². The molecule has 5 rings (SSSR count). The largest absolute Gasteiger partial charge is 0.464 e. The maximum absolute atomic E-state index is 6.12. The molecule has 1 aliphatic heterocycles. The summed E-state index contributed by atoms with van der Waals surface area (Å²) in [7, 11) is 0. The van der Waals surface area contributed by atoms with Crippen molar-refractivity contribution < 1.29 is 9.15 Å². The van der Waals surface area contributed by atoms with Crippen molar-refractivity contribution in [2.45, 2.75) is 18.9 Å². The summed E-state index contributed by atoms with van der Waals surface area (Å²) < 4.78 is 11.9. The van der Waals surface area contributed by atoms with E-state index in [2.05, 4.69) is 9.98 Å². The van der Waals surface area contributed by atoms with E-state index in [0.717, 1.165) is 28.0 Å². The standard InChI is InChI=1S/C21H18N4O2/c1-21-9-8-15(23)11-18(21)25-20(27-21)13-4-2-12(3-5-13)19-24-16-10-14(22)6-7-17(16)26-19/h2-8,10-11H,9,22-23H2,1H3. The predicted molar refractivity (Wildman–Crippen MR) is 105 cm³/mol. The lowest BCUT2D eigenvalue weighted by atomic mass is 9.93. The summed E-state index contributed by atoms with van der Waals surface area (Å²) >= 11 is 0. The van der Waals surface area contributed by atoms with Crippen LogP contribution in [0.5, 0.6) is 0 Å². The number of rotatable bonds is 2. The second-order valence-electron chi connectivity index (χ2n) is 7.01. The number of aliphatic imine (C=N–C) groups is 1. The molecule has 6 heteroatoms. The first-order valence-electron chi connectivity index (χ1n) is 8.73. The molecule has 2 aromatic carbocycles. The van der Waals surface area contributed by atoms with Gasteiger partial charge in [0.25, 0.3) is 0 Å². The van der Waals surface area contributed by atoms with E-state index < -0.39 is 5.60 Å². The molecule has 2 heterocycles. The van der Waals surface area contributed by atoms with Gasteiger partial charge in [0.1, 0.15) is 5.52 Å². The highest BCUT2D eigenvalue weighted by Crippen LogP contribution is 2.37. The number of nitrogens with two attached hydrogens (primary N) is 2. The minimum absolute atomic E-state index is 0.447. The van der Waals surface area contributed by atoms with E-state index in [1.54, 1.807) is 12.1 Å². The van der Waals surface area contributed by atoms with Gasteiger partial charge in [0.15, 0.2) is 11.2 Å². The topological polar surface area (TPSA) is 99.7 Å². The first-order valence-corrected chi connectivity index (χ1v) is 8.73. The summed E-state index contributed by atoms with van der Waals surface area (Å²) in [6.07, 6.45) is 4.54. The van der Waals surface area contributed by atoms with E-state index in [4.69, 9.17) is 20.6 Å². The van der Waals surface area contributed by atoms with Gasteiger partial charge in [-0.25, -0.2) is 9.98 Å². The normalized spacial score (nSPS) is 21.3. The van der Waals surface area contributed by atoms with Crippen LogP contribution in [0.3, 0.4) is 0 Å². The Hall–Kier alpha value is -3.54. The van der Waals surface area contributed by atoms with Gasteiger partial charge in [0.2, 0.25) is 11.8 Å². The fourth-order valence-electron chi connectivity index (χ4n) is 3.32. The molecule has 0 saturated carbocycles. The van der Waals surface area contributed by atoms with Crippen LogP contribution in [0.2, 0.25) is 0 Å². The van der Waals surface area contributed by atoms with Crippen molar-refractivity contribution in [3.8, 4) is 11.5 Å². The molecule has 0 spiro atoms. The van der Waals surface area contributed by atoms with Crippen molar-refractivity contribution in [2.75, 3.05) is 5.73 Å². The monoisotopic (exact) mass is 358 g/mol. The number of hydrogen-bond acceptors (Lipinski definition) is 6. The molecule has 0 bridgehead atoms. The molecular weight excluding hydrogens is 340 g/mol. The van der Waals surface area contributed by atoms with Crippen LogP contribution in [0.25, 0.3) is 22.6 Å². The van der Waals surface area contributed by atoms with E-state index in [0.29, 0.717) is 29.5 Å². The van der Waals surface area contributed by atoms with E-state index in [1.807, 2.05) is 49.4 Å². The Bertz CT molecular complexity index is 1150. The molecule has 0 fully saturated rings. The van der Waals surface area contributed by atoms with Crippen molar-refractivity contribution >= 4 is 22.7 Å². The maximum atomic E-state index is 6.12. The first-order chi connectivity index (χ1) is 13.0. The zero-order chi connectivity index (χ0) is 18.6. The van der Waals surface area contributed by atoms with E-state index in [-0.39, 0.29) is 0 Å². The van der Waals surface area contributed by atoms with Crippen LogP contribution in [0.15, 0.2) is 75.4 Å². The van der Waals surface area contributed by atoms with Crippen molar-refractivity contribution in [2.24, 2.45) is 10.7 Å². The van der Waals surface area contributed by atoms with Gasteiger partial charge in [-0.2, -0.15) is 0 Å². The SMILES string of the molecule is CC12CC=C(N)C=C1N=C(c1ccc(-c3nc4cc(N)ccc4o3)cc1)O2. The molecule has 2 aliphatic rings. The van der Waals surface area contributed by atoms with Gasteiger partial charge in [0, 0.05) is 28.9 Å². The zero-order valence-corrected chi connectivity index (χ0v) is 14.8. The number of oxazole rings is 1. The molecule has 4 N–H and O–H groups in total. The quantitative estimate of drug-likeness (QED) is 0.680. The Labute approximate surface area is 155 Å². The molecule has 6 nitrogen and oxygen atoms in total. The number of anilines is 1. The Kier molecular flexibility index (Phi) is 3.18. The molecule has 0 amide bonds. The van der Waals surface area contributed by atoms with E-state index >= 15 is 0 Å². The summed E-state index contributed by atoms with van der Waals surface area (Å²) in [6, 6.07) is 13.2.